The van der Waals surface area contributed by atoms with Gasteiger partial charge in [0.1, 0.15) is 0 Å². The van der Waals surface area contributed by atoms with E-state index < -0.39 is 0 Å². The average molecular weight is 233 g/mol. The van der Waals surface area contributed by atoms with Gasteiger partial charge in [-0.25, -0.2) is 0 Å². The average Bonchev–Trinajstić information content (AvgIpc) is 2.33. The summed E-state index contributed by atoms with van der Waals surface area (Å²) in [5.74, 6) is 0.246. The third-order valence-corrected chi connectivity index (χ3v) is 3.02. The van der Waals surface area contributed by atoms with E-state index in [1.54, 1.807) is 0 Å². The van der Waals surface area contributed by atoms with E-state index >= 15 is 0 Å². The fraction of sp³-hybridized carbons (Fsp3) is 0.533. The van der Waals surface area contributed by atoms with E-state index in [1.807, 2.05) is 30.0 Å². The Balaban J connectivity index is 2.71. The Bertz CT molecular complexity index is 360. The topological polar surface area (TPSA) is 20.3 Å². The monoisotopic (exact) mass is 233 g/mol. The van der Waals surface area contributed by atoms with Gasteiger partial charge in [0.2, 0.25) is 5.91 Å². The SMILES string of the molecule is CCCCCC(=O)N(CC)c1ccccc1C. The molecule has 0 aliphatic carbocycles. The minimum atomic E-state index is 0.246. The highest BCUT2D eigenvalue weighted by molar-refractivity contribution is 5.93. The van der Waals surface area contributed by atoms with Crippen LogP contribution in [0.15, 0.2) is 24.3 Å². The summed E-state index contributed by atoms with van der Waals surface area (Å²) in [7, 11) is 0. The maximum absolute atomic E-state index is 12.1. The molecule has 1 aromatic rings. The molecule has 0 heterocycles. The van der Waals surface area contributed by atoms with Gasteiger partial charge in [0, 0.05) is 18.7 Å². The van der Waals surface area contributed by atoms with Gasteiger partial charge < -0.3 is 4.90 Å². The van der Waals surface area contributed by atoms with Gasteiger partial charge in [0.05, 0.1) is 0 Å². The van der Waals surface area contributed by atoms with Crippen LogP contribution in [0.5, 0.6) is 0 Å². The number of carbonyl (C=O) groups is 1. The number of unbranched alkanes of at least 4 members (excludes halogenated alkanes) is 2. The maximum Gasteiger partial charge on any atom is 0.226 e. The zero-order valence-corrected chi connectivity index (χ0v) is 11.2. The summed E-state index contributed by atoms with van der Waals surface area (Å²) >= 11 is 0. The first-order valence-corrected chi connectivity index (χ1v) is 6.56. The molecule has 94 valence electrons. The number of hydrogen-bond acceptors (Lipinski definition) is 1. The number of aryl methyl sites for hydroxylation is 1. The molecular formula is C15H23NO. The van der Waals surface area contributed by atoms with Gasteiger partial charge in [0.15, 0.2) is 0 Å². The van der Waals surface area contributed by atoms with Crippen molar-refractivity contribution in [3.05, 3.63) is 29.8 Å². The van der Waals surface area contributed by atoms with Gasteiger partial charge in [-0.3, -0.25) is 4.79 Å². The van der Waals surface area contributed by atoms with Crippen molar-refractivity contribution in [2.24, 2.45) is 0 Å². The van der Waals surface area contributed by atoms with Gasteiger partial charge in [-0.2, -0.15) is 0 Å². The zero-order valence-electron chi connectivity index (χ0n) is 11.2. The van der Waals surface area contributed by atoms with E-state index in [0.29, 0.717) is 6.42 Å². The van der Waals surface area contributed by atoms with E-state index in [9.17, 15) is 4.79 Å². The van der Waals surface area contributed by atoms with Crippen LogP contribution >= 0.6 is 0 Å². The molecule has 0 fully saturated rings. The van der Waals surface area contributed by atoms with Crippen molar-refractivity contribution < 1.29 is 4.79 Å². The number of rotatable bonds is 6. The quantitative estimate of drug-likeness (QED) is 0.682. The van der Waals surface area contributed by atoms with Crippen LogP contribution < -0.4 is 4.90 Å². The van der Waals surface area contributed by atoms with Crippen LogP contribution in [0.1, 0.15) is 45.1 Å². The Labute approximate surface area is 105 Å². The van der Waals surface area contributed by atoms with Crippen LogP contribution in [0, 0.1) is 6.92 Å². The number of benzene rings is 1. The van der Waals surface area contributed by atoms with Crippen LogP contribution in [0.4, 0.5) is 5.69 Å². The number of carbonyl (C=O) groups excluding carboxylic acids is 1. The second kappa shape index (κ2) is 7.10. The number of amides is 1. The van der Waals surface area contributed by atoms with E-state index in [2.05, 4.69) is 19.9 Å². The molecule has 1 amide bonds. The predicted octanol–water partition coefficient (Wildman–Crippen LogP) is 3.93. The van der Waals surface area contributed by atoms with Gasteiger partial charge in [-0.15, -0.1) is 0 Å². The molecule has 0 aromatic heterocycles. The lowest BCUT2D eigenvalue weighted by Crippen LogP contribution is -2.30. The fourth-order valence-corrected chi connectivity index (χ4v) is 2.01. The van der Waals surface area contributed by atoms with Crippen LogP contribution in [0.25, 0.3) is 0 Å². The van der Waals surface area contributed by atoms with Crippen molar-refractivity contribution in [1.29, 1.82) is 0 Å². The molecule has 0 bridgehead atoms. The second-order valence-electron chi connectivity index (χ2n) is 4.38. The molecule has 17 heavy (non-hydrogen) atoms. The molecule has 0 unspecified atom stereocenters. The standard InChI is InChI=1S/C15H23NO/c1-4-6-7-12-15(17)16(5-2)14-11-9-8-10-13(14)3/h8-11H,4-7,12H2,1-3H3. The lowest BCUT2D eigenvalue weighted by atomic mass is 10.1. The molecule has 0 atom stereocenters. The smallest absolute Gasteiger partial charge is 0.226 e. The molecule has 0 aliphatic heterocycles. The lowest BCUT2D eigenvalue weighted by Gasteiger charge is -2.23. The summed E-state index contributed by atoms with van der Waals surface area (Å²) < 4.78 is 0. The Hall–Kier alpha value is -1.31. The zero-order chi connectivity index (χ0) is 12.7. The highest BCUT2D eigenvalue weighted by Gasteiger charge is 2.14. The number of nitrogens with zero attached hydrogens (tertiary/aromatic N) is 1. The summed E-state index contributed by atoms with van der Waals surface area (Å²) in [4.78, 5) is 14.0. The molecule has 0 saturated carbocycles. The molecule has 0 N–H and O–H groups in total. The van der Waals surface area contributed by atoms with Crippen LogP contribution in [-0.4, -0.2) is 12.5 Å². The summed E-state index contributed by atoms with van der Waals surface area (Å²) in [6.45, 7) is 6.99. The Morgan fingerprint density at radius 2 is 1.88 bits per heavy atom. The largest absolute Gasteiger partial charge is 0.312 e. The molecule has 1 rings (SSSR count). The van der Waals surface area contributed by atoms with Gasteiger partial charge in [-0.1, -0.05) is 38.0 Å². The van der Waals surface area contributed by atoms with Crippen LogP contribution in [0.3, 0.4) is 0 Å². The third kappa shape index (κ3) is 3.88. The summed E-state index contributed by atoms with van der Waals surface area (Å²) in [5, 5.41) is 0. The summed E-state index contributed by atoms with van der Waals surface area (Å²) in [5.41, 5.74) is 2.22. The minimum absolute atomic E-state index is 0.246. The third-order valence-electron chi connectivity index (χ3n) is 3.02. The van der Waals surface area contributed by atoms with Gasteiger partial charge in [0.25, 0.3) is 0 Å². The van der Waals surface area contributed by atoms with Crippen molar-refractivity contribution in [2.75, 3.05) is 11.4 Å². The normalized spacial score (nSPS) is 10.3. The Kier molecular flexibility index (Phi) is 5.75. The van der Waals surface area contributed by atoms with E-state index in [-0.39, 0.29) is 5.91 Å². The van der Waals surface area contributed by atoms with Crippen LogP contribution in [-0.2, 0) is 4.79 Å². The van der Waals surface area contributed by atoms with E-state index in [1.165, 1.54) is 0 Å². The number of hydrogen-bond donors (Lipinski definition) is 0. The van der Waals surface area contributed by atoms with Crippen LogP contribution in [0.2, 0.25) is 0 Å². The molecule has 2 heteroatoms. The van der Waals surface area contributed by atoms with Crippen molar-refractivity contribution in [3.63, 3.8) is 0 Å². The Morgan fingerprint density at radius 1 is 1.18 bits per heavy atom. The molecular weight excluding hydrogens is 210 g/mol. The maximum atomic E-state index is 12.1. The second-order valence-corrected chi connectivity index (χ2v) is 4.38. The fourth-order valence-electron chi connectivity index (χ4n) is 2.01. The van der Waals surface area contributed by atoms with Crippen molar-refractivity contribution in [1.82, 2.24) is 0 Å². The summed E-state index contributed by atoms with van der Waals surface area (Å²) in [6, 6.07) is 8.08. The first kappa shape index (κ1) is 13.8. The van der Waals surface area contributed by atoms with Crippen molar-refractivity contribution in [2.45, 2.75) is 46.5 Å². The number of anilines is 1. The van der Waals surface area contributed by atoms with Crippen molar-refractivity contribution in [3.8, 4) is 0 Å². The highest BCUT2D eigenvalue weighted by Crippen LogP contribution is 2.20. The first-order chi connectivity index (χ1) is 8.20. The molecule has 0 spiro atoms. The van der Waals surface area contributed by atoms with Gasteiger partial charge in [-0.05, 0) is 31.9 Å². The minimum Gasteiger partial charge on any atom is -0.312 e. The molecule has 0 radical (unpaired) electrons. The first-order valence-electron chi connectivity index (χ1n) is 6.56. The molecule has 1 aromatic carbocycles. The molecule has 0 aliphatic rings. The lowest BCUT2D eigenvalue weighted by molar-refractivity contribution is -0.118. The van der Waals surface area contributed by atoms with Gasteiger partial charge >= 0.3 is 0 Å². The van der Waals surface area contributed by atoms with E-state index in [0.717, 1.165) is 37.1 Å². The predicted molar refractivity (Wildman–Crippen MR) is 73.3 cm³/mol. The number of para-hydroxylation sites is 1. The van der Waals surface area contributed by atoms with E-state index in [4.69, 9.17) is 0 Å². The highest BCUT2D eigenvalue weighted by atomic mass is 16.2. The summed E-state index contributed by atoms with van der Waals surface area (Å²) in [6.07, 6.45) is 3.95. The molecule has 2 nitrogen and oxygen atoms in total. The molecule has 0 saturated heterocycles. The Morgan fingerprint density at radius 3 is 2.47 bits per heavy atom. The van der Waals surface area contributed by atoms with Crippen molar-refractivity contribution >= 4 is 11.6 Å².